The van der Waals surface area contributed by atoms with Crippen molar-refractivity contribution in [1.82, 2.24) is 4.57 Å². The van der Waals surface area contributed by atoms with Gasteiger partial charge in [0, 0.05) is 29.8 Å². The number of nitrogens with zero attached hydrogens (tertiary/aromatic N) is 1. The average Bonchev–Trinajstić information content (AvgIpc) is 2.48. The molecule has 3 heteroatoms. The Morgan fingerprint density at radius 1 is 1.64 bits per heavy atom. The van der Waals surface area contributed by atoms with Gasteiger partial charge in [-0.25, -0.2) is 0 Å². The minimum atomic E-state index is 0.750. The summed E-state index contributed by atoms with van der Waals surface area (Å²) in [6.07, 6.45) is 5.74. The third-order valence-corrected chi connectivity index (χ3v) is 2.02. The Kier molecular flexibility index (Phi) is 3.36. The lowest BCUT2D eigenvalue weighted by Gasteiger charge is -1.97. The minimum Gasteiger partial charge on any atom is -0.353 e. The van der Waals surface area contributed by atoms with Gasteiger partial charge in [-0.05, 0) is 12.5 Å². The SMILES string of the molecule is O=Cc1ccn(CCCBr)c1. The van der Waals surface area contributed by atoms with Gasteiger partial charge in [0.2, 0.25) is 0 Å². The predicted octanol–water partition coefficient (Wildman–Crippen LogP) is 2.09. The van der Waals surface area contributed by atoms with Crippen LogP contribution >= 0.6 is 15.9 Å². The monoisotopic (exact) mass is 215 g/mol. The Morgan fingerprint density at radius 2 is 2.45 bits per heavy atom. The standard InChI is InChI=1S/C8H10BrNO/c9-3-1-4-10-5-2-8(6-10)7-11/h2,5-7H,1,3-4H2. The Labute approximate surface area is 74.3 Å². The number of aromatic nitrogens is 1. The van der Waals surface area contributed by atoms with Crippen molar-refractivity contribution in [3.05, 3.63) is 24.0 Å². The molecule has 0 N–H and O–H groups in total. The molecule has 1 aromatic rings. The smallest absolute Gasteiger partial charge is 0.151 e. The van der Waals surface area contributed by atoms with E-state index >= 15 is 0 Å². The van der Waals surface area contributed by atoms with Gasteiger partial charge >= 0.3 is 0 Å². The zero-order chi connectivity index (χ0) is 8.10. The van der Waals surface area contributed by atoms with Gasteiger partial charge in [0.25, 0.3) is 0 Å². The van der Waals surface area contributed by atoms with Gasteiger partial charge in [-0.2, -0.15) is 0 Å². The second-order valence-corrected chi connectivity index (χ2v) is 3.14. The molecular formula is C8H10BrNO. The molecule has 1 aromatic heterocycles. The van der Waals surface area contributed by atoms with Gasteiger partial charge in [0.15, 0.2) is 6.29 Å². The predicted molar refractivity (Wildman–Crippen MR) is 48.2 cm³/mol. The number of hydrogen-bond acceptors (Lipinski definition) is 1. The maximum atomic E-state index is 10.3. The number of alkyl halides is 1. The molecule has 0 saturated carbocycles. The normalized spacial score (nSPS) is 9.91. The van der Waals surface area contributed by atoms with Crippen molar-refractivity contribution < 1.29 is 4.79 Å². The number of rotatable bonds is 4. The number of carbonyl (C=O) groups is 1. The van der Waals surface area contributed by atoms with E-state index in [4.69, 9.17) is 0 Å². The summed E-state index contributed by atoms with van der Waals surface area (Å²) in [6, 6.07) is 1.82. The summed E-state index contributed by atoms with van der Waals surface area (Å²) < 4.78 is 2.02. The van der Waals surface area contributed by atoms with Crippen molar-refractivity contribution in [3.63, 3.8) is 0 Å². The highest BCUT2D eigenvalue weighted by molar-refractivity contribution is 9.09. The summed E-state index contributed by atoms with van der Waals surface area (Å²) in [5.41, 5.74) is 0.750. The van der Waals surface area contributed by atoms with Gasteiger partial charge in [-0.3, -0.25) is 4.79 Å². The first-order valence-electron chi connectivity index (χ1n) is 3.53. The molecule has 0 fully saturated rings. The van der Waals surface area contributed by atoms with E-state index in [1.807, 2.05) is 23.0 Å². The van der Waals surface area contributed by atoms with Crippen molar-refractivity contribution in [2.75, 3.05) is 5.33 Å². The third kappa shape index (κ3) is 2.50. The molecule has 2 nitrogen and oxygen atoms in total. The fourth-order valence-electron chi connectivity index (χ4n) is 0.910. The Balaban J connectivity index is 2.51. The van der Waals surface area contributed by atoms with E-state index in [9.17, 15) is 4.79 Å². The van der Waals surface area contributed by atoms with Crippen LogP contribution in [-0.4, -0.2) is 16.2 Å². The van der Waals surface area contributed by atoms with Crippen LogP contribution in [0, 0.1) is 0 Å². The molecule has 0 spiro atoms. The van der Waals surface area contributed by atoms with E-state index < -0.39 is 0 Å². The van der Waals surface area contributed by atoms with E-state index in [-0.39, 0.29) is 0 Å². The summed E-state index contributed by atoms with van der Waals surface area (Å²) >= 11 is 3.35. The highest BCUT2D eigenvalue weighted by atomic mass is 79.9. The topological polar surface area (TPSA) is 22.0 Å². The van der Waals surface area contributed by atoms with Crippen molar-refractivity contribution in [2.24, 2.45) is 0 Å². The first kappa shape index (κ1) is 8.53. The van der Waals surface area contributed by atoms with Crippen LogP contribution in [0.25, 0.3) is 0 Å². The summed E-state index contributed by atoms with van der Waals surface area (Å²) in [6.45, 7) is 0.971. The van der Waals surface area contributed by atoms with Crippen LogP contribution in [0.4, 0.5) is 0 Å². The fourth-order valence-corrected chi connectivity index (χ4v) is 1.16. The number of carbonyl (C=O) groups excluding carboxylic acids is 1. The zero-order valence-corrected chi connectivity index (χ0v) is 7.75. The number of halogens is 1. The Bertz CT molecular complexity index is 232. The number of aryl methyl sites for hydroxylation is 1. The van der Waals surface area contributed by atoms with E-state index in [2.05, 4.69) is 15.9 Å². The molecule has 0 aliphatic carbocycles. The second kappa shape index (κ2) is 4.34. The summed E-state index contributed by atoms with van der Waals surface area (Å²) in [5.74, 6) is 0. The van der Waals surface area contributed by atoms with Crippen molar-refractivity contribution in [1.29, 1.82) is 0 Å². The van der Waals surface area contributed by atoms with Gasteiger partial charge < -0.3 is 4.57 Å². The van der Waals surface area contributed by atoms with Gasteiger partial charge in [0.05, 0.1) is 0 Å². The molecule has 0 unspecified atom stereocenters. The molecule has 0 aliphatic rings. The molecule has 1 heterocycles. The summed E-state index contributed by atoms with van der Waals surface area (Å²) in [7, 11) is 0. The van der Waals surface area contributed by atoms with Gasteiger partial charge in [0.1, 0.15) is 0 Å². The van der Waals surface area contributed by atoms with Crippen LogP contribution in [0.3, 0.4) is 0 Å². The molecule has 0 radical (unpaired) electrons. The highest BCUT2D eigenvalue weighted by Crippen LogP contribution is 2.00. The summed E-state index contributed by atoms with van der Waals surface area (Å²) in [5, 5.41) is 1.00. The van der Waals surface area contributed by atoms with Crippen LogP contribution in [0.1, 0.15) is 16.8 Å². The van der Waals surface area contributed by atoms with Crippen LogP contribution in [0.15, 0.2) is 18.5 Å². The quantitative estimate of drug-likeness (QED) is 0.557. The van der Waals surface area contributed by atoms with E-state index in [1.54, 1.807) is 0 Å². The third-order valence-electron chi connectivity index (χ3n) is 1.46. The molecule has 0 aliphatic heterocycles. The largest absolute Gasteiger partial charge is 0.353 e. The molecule has 0 amide bonds. The van der Waals surface area contributed by atoms with Crippen LogP contribution in [0.5, 0.6) is 0 Å². The minimum absolute atomic E-state index is 0.750. The molecular weight excluding hydrogens is 206 g/mol. The van der Waals surface area contributed by atoms with E-state index in [0.717, 1.165) is 30.1 Å². The first-order valence-corrected chi connectivity index (χ1v) is 4.66. The zero-order valence-electron chi connectivity index (χ0n) is 6.16. The lowest BCUT2D eigenvalue weighted by Crippen LogP contribution is -1.93. The second-order valence-electron chi connectivity index (χ2n) is 2.34. The lowest BCUT2D eigenvalue weighted by atomic mass is 10.4. The fraction of sp³-hybridized carbons (Fsp3) is 0.375. The molecule has 60 valence electrons. The van der Waals surface area contributed by atoms with Crippen molar-refractivity contribution in [2.45, 2.75) is 13.0 Å². The van der Waals surface area contributed by atoms with Gasteiger partial charge in [-0.1, -0.05) is 15.9 Å². The molecule has 11 heavy (non-hydrogen) atoms. The maximum Gasteiger partial charge on any atom is 0.151 e. The van der Waals surface area contributed by atoms with Gasteiger partial charge in [-0.15, -0.1) is 0 Å². The number of hydrogen-bond donors (Lipinski definition) is 0. The Morgan fingerprint density at radius 3 is 3.00 bits per heavy atom. The molecule has 0 atom stereocenters. The first-order chi connectivity index (χ1) is 5.36. The summed E-state index contributed by atoms with van der Waals surface area (Å²) in [4.78, 5) is 10.3. The van der Waals surface area contributed by atoms with E-state index in [0.29, 0.717) is 0 Å². The highest BCUT2D eigenvalue weighted by Gasteiger charge is 1.93. The lowest BCUT2D eigenvalue weighted by molar-refractivity contribution is 0.112. The molecule has 0 aromatic carbocycles. The Hall–Kier alpha value is -0.570. The van der Waals surface area contributed by atoms with Crippen LogP contribution in [0.2, 0.25) is 0 Å². The van der Waals surface area contributed by atoms with Crippen molar-refractivity contribution >= 4 is 22.2 Å². The average molecular weight is 216 g/mol. The van der Waals surface area contributed by atoms with Crippen molar-refractivity contribution in [3.8, 4) is 0 Å². The maximum absolute atomic E-state index is 10.3. The molecule has 0 saturated heterocycles. The van der Waals surface area contributed by atoms with E-state index in [1.165, 1.54) is 0 Å². The van der Waals surface area contributed by atoms with Crippen LogP contribution < -0.4 is 0 Å². The molecule has 0 bridgehead atoms. The van der Waals surface area contributed by atoms with Crippen LogP contribution in [-0.2, 0) is 6.54 Å². The molecule has 1 rings (SSSR count). The number of aldehydes is 1.